The van der Waals surface area contributed by atoms with Crippen molar-refractivity contribution in [2.45, 2.75) is 26.5 Å². The van der Waals surface area contributed by atoms with Gasteiger partial charge >= 0.3 is 0 Å². The first kappa shape index (κ1) is 12.3. The van der Waals surface area contributed by atoms with E-state index in [1.807, 2.05) is 24.5 Å². The standard InChI is InChI=1S/C12H15FN2OS/c1-3-16-8(2)7-15-10-6-4-5-9(13)11(10)14-12(15)17/h4-6,8H,3,7H2,1-2H3,(H,14,17). The number of rotatable bonds is 4. The van der Waals surface area contributed by atoms with Crippen molar-refractivity contribution in [3.63, 3.8) is 0 Å². The highest BCUT2D eigenvalue weighted by molar-refractivity contribution is 7.71. The predicted octanol–water partition coefficient (Wildman–Crippen LogP) is 3.26. The van der Waals surface area contributed by atoms with Gasteiger partial charge in [-0.3, -0.25) is 0 Å². The molecule has 1 N–H and O–H groups in total. The molecule has 2 rings (SSSR count). The molecule has 0 radical (unpaired) electrons. The number of aromatic amines is 1. The SMILES string of the molecule is CCOC(C)Cn1c(=S)[nH]c2c(F)cccc21. The summed E-state index contributed by atoms with van der Waals surface area (Å²) >= 11 is 5.20. The van der Waals surface area contributed by atoms with Crippen LogP contribution in [-0.4, -0.2) is 22.3 Å². The van der Waals surface area contributed by atoms with E-state index in [1.165, 1.54) is 6.07 Å². The van der Waals surface area contributed by atoms with Crippen molar-refractivity contribution in [3.05, 3.63) is 28.8 Å². The molecule has 1 atom stereocenters. The Morgan fingerprint density at radius 1 is 1.53 bits per heavy atom. The molecule has 2 aromatic rings. The van der Waals surface area contributed by atoms with Gasteiger partial charge in [-0.15, -0.1) is 0 Å². The van der Waals surface area contributed by atoms with Gasteiger partial charge in [0.05, 0.1) is 18.2 Å². The van der Waals surface area contributed by atoms with Crippen LogP contribution in [0.2, 0.25) is 0 Å². The van der Waals surface area contributed by atoms with Gasteiger partial charge in [-0.1, -0.05) is 6.07 Å². The number of hydrogen-bond acceptors (Lipinski definition) is 2. The molecule has 0 aliphatic carbocycles. The number of hydrogen-bond donors (Lipinski definition) is 1. The number of nitrogens with zero attached hydrogens (tertiary/aromatic N) is 1. The zero-order valence-electron chi connectivity index (χ0n) is 9.87. The lowest BCUT2D eigenvalue weighted by Crippen LogP contribution is -2.16. The highest BCUT2D eigenvalue weighted by Gasteiger charge is 2.10. The fourth-order valence-corrected chi connectivity index (χ4v) is 2.20. The lowest BCUT2D eigenvalue weighted by Gasteiger charge is -2.12. The highest BCUT2D eigenvalue weighted by atomic mass is 32.1. The smallest absolute Gasteiger partial charge is 0.178 e. The van der Waals surface area contributed by atoms with Crippen LogP contribution in [0.15, 0.2) is 18.2 Å². The van der Waals surface area contributed by atoms with Gasteiger partial charge < -0.3 is 14.3 Å². The maximum absolute atomic E-state index is 13.5. The molecule has 5 heteroatoms. The summed E-state index contributed by atoms with van der Waals surface area (Å²) in [4.78, 5) is 2.89. The van der Waals surface area contributed by atoms with Crippen LogP contribution >= 0.6 is 12.2 Å². The zero-order chi connectivity index (χ0) is 12.4. The van der Waals surface area contributed by atoms with Gasteiger partial charge in [0.2, 0.25) is 0 Å². The summed E-state index contributed by atoms with van der Waals surface area (Å²) in [6, 6.07) is 4.95. The molecular weight excluding hydrogens is 239 g/mol. The molecule has 0 spiro atoms. The summed E-state index contributed by atoms with van der Waals surface area (Å²) in [5.41, 5.74) is 1.24. The molecule has 0 fully saturated rings. The molecule has 3 nitrogen and oxygen atoms in total. The molecule has 0 saturated heterocycles. The topological polar surface area (TPSA) is 29.9 Å². The van der Waals surface area contributed by atoms with Crippen molar-refractivity contribution in [1.82, 2.24) is 9.55 Å². The maximum Gasteiger partial charge on any atom is 0.178 e. The Morgan fingerprint density at radius 2 is 2.29 bits per heavy atom. The number of halogens is 1. The molecule has 0 aliphatic heterocycles. The first-order valence-electron chi connectivity index (χ1n) is 5.62. The minimum atomic E-state index is -0.281. The molecule has 17 heavy (non-hydrogen) atoms. The second-order valence-electron chi connectivity index (χ2n) is 3.94. The number of para-hydroxylation sites is 1. The fraction of sp³-hybridized carbons (Fsp3) is 0.417. The maximum atomic E-state index is 13.5. The minimum absolute atomic E-state index is 0.0500. The number of H-pyrrole nitrogens is 1. The van der Waals surface area contributed by atoms with Crippen molar-refractivity contribution in [1.29, 1.82) is 0 Å². The van der Waals surface area contributed by atoms with E-state index in [1.54, 1.807) is 6.07 Å². The van der Waals surface area contributed by atoms with E-state index in [-0.39, 0.29) is 11.9 Å². The average Bonchev–Trinajstić information content (AvgIpc) is 2.58. The summed E-state index contributed by atoms with van der Waals surface area (Å²) in [5.74, 6) is -0.281. The molecule has 0 amide bonds. The van der Waals surface area contributed by atoms with E-state index in [4.69, 9.17) is 17.0 Å². The van der Waals surface area contributed by atoms with Gasteiger partial charge in [-0.05, 0) is 38.2 Å². The van der Waals surface area contributed by atoms with E-state index < -0.39 is 0 Å². The third-order valence-electron chi connectivity index (χ3n) is 2.65. The highest BCUT2D eigenvalue weighted by Crippen LogP contribution is 2.17. The number of benzene rings is 1. The van der Waals surface area contributed by atoms with Crippen LogP contribution in [0, 0.1) is 10.6 Å². The summed E-state index contributed by atoms with van der Waals surface area (Å²) in [6.07, 6.45) is 0.0500. The number of ether oxygens (including phenoxy) is 1. The van der Waals surface area contributed by atoms with Crippen LogP contribution in [0.1, 0.15) is 13.8 Å². The van der Waals surface area contributed by atoms with Crippen LogP contribution in [-0.2, 0) is 11.3 Å². The monoisotopic (exact) mass is 254 g/mol. The normalized spacial score (nSPS) is 13.1. The molecule has 1 unspecified atom stereocenters. The lowest BCUT2D eigenvalue weighted by molar-refractivity contribution is 0.0645. The summed E-state index contributed by atoms with van der Waals surface area (Å²) in [5, 5.41) is 0. The largest absolute Gasteiger partial charge is 0.377 e. The van der Waals surface area contributed by atoms with Crippen LogP contribution in [0.3, 0.4) is 0 Å². The fourth-order valence-electron chi connectivity index (χ4n) is 1.92. The third-order valence-corrected chi connectivity index (χ3v) is 2.97. The Labute approximate surface area is 104 Å². The van der Waals surface area contributed by atoms with Crippen LogP contribution < -0.4 is 0 Å². The Balaban J connectivity index is 2.43. The number of fused-ring (bicyclic) bond motifs is 1. The van der Waals surface area contributed by atoms with Crippen LogP contribution in [0.4, 0.5) is 4.39 Å². The van der Waals surface area contributed by atoms with Gasteiger partial charge in [-0.2, -0.15) is 0 Å². The first-order chi connectivity index (χ1) is 8.13. The van der Waals surface area contributed by atoms with Crippen molar-refractivity contribution in [3.8, 4) is 0 Å². The van der Waals surface area contributed by atoms with Crippen molar-refractivity contribution >= 4 is 23.3 Å². The molecule has 1 aromatic carbocycles. The molecule has 92 valence electrons. The van der Waals surface area contributed by atoms with Crippen LogP contribution in [0.25, 0.3) is 11.0 Å². The van der Waals surface area contributed by atoms with Gasteiger partial charge in [0.15, 0.2) is 4.77 Å². The average molecular weight is 254 g/mol. The summed E-state index contributed by atoms with van der Waals surface area (Å²) < 4.78 is 21.4. The molecule has 1 heterocycles. The summed E-state index contributed by atoms with van der Waals surface area (Å²) in [7, 11) is 0. The van der Waals surface area contributed by atoms with E-state index in [0.29, 0.717) is 23.4 Å². The Kier molecular flexibility index (Phi) is 3.59. The van der Waals surface area contributed by atoms with E-state index in [2.05, 4.69) is 4.98 Å². The molecule has 0 aliphatic rings. The van der Waals surface area contributed by atoms with E-state index in [9.17, 15) is 4.39 Å². The predicted molar refractivity (Wildman–Crippen MR) is 68.2 cm³/mol. The van der Waals surface area contributed by atoms with Gasteiger partial charge in [0, 0.05) is 6.61 Å². The number of aromatic nitrogens is 2. The zero-order valence-corrected chi connectivity index (χ0v) is 10.7. The second-order valence-corrected chi connectivity index (χ2v) is 4.33. The van der Waals surface area contributed by atoms with Crippen molar-refractivity contribution in [2.24, 2.45) is 0 Å². The number of imidazole rings is 1. The Hall–Kier alpha value is -1.20. The Bertz CT molecular complexity index is 575. The van der Waals surface area contributed by atoms with Gasteiger partial charge in [-0.25, -0.2) is 4.39 Å². The minimum Gasteiger partial charge on any atom is -0.377 e. The van der Waals surface area contributed by atoms with Crippen molar-refractivity contribution in [2.75, 3.05) is 6.61 Å². The summed E-state index contributed by atoms with van der Waals surface area (Å²) in [6.45, 7) is 5.20. The lowest BCUT2D eigenvalue weighted by atomic mass is 10.3. The first-order valence-corrected chi connectivity index (χ1v) is 6.03. The van der Waals surface area contributed by atoms with Gasteiger partial charge in [0.1, 0.15) is 11.3 Å². The third kappa shape index (κ3) is 2.40. The second kappa shape index (κ2) is 4.98. The van der Waals surface area contributed by atoms with Crippen LogP contribution in [0.5, 0.6) is 0 Å². The van der Waals surface area contributed by atoms with Crippen molar-refractivity contribution < 1.29 is 9.13 Å². The Morgan fingerprint density at radius 3 is 3.00 bits per heavy atom. The molecule has 1 aromatic heterocycles. The molecule has 0 bridgehead atoms. The van der Waals surface area contributed by atoms with E-state index in [0.717, 1.165) is 5.52 Å². The van der Waals surface area contributed by atoms with Gasteiger partial charge in [0.25, 0.3) is 0 Å². The molecular formula is C12H15FN2OS. The molecule has 0 saturated carbocycles. The quantitative estimate of drug-likeness (QED) is 0.849. The number of nitrogens with one attached hydrogen (secondary N) is 1. The van der Waals surface area contributed by atoms with E-state index >= 15 is 0 Å².